The summed E-state index contributed by atoms with van der Waals surface area (Å²) in [4.78, 5) is 28.1. The Hall–Kier alpha value is -2.87. The van der Waals surface area contributed by atoms with E-state index in [1.165, 1.54) is 10.6 Å². The van der Waals surface area contributed by atoms with Crippen LogP contribution in [0.1, 0.15) is 69.1 Å². The molecule has 1 saturated carbocycles. The molecule has 0 radical (unpaired) electrons. The van der Waals surface area contributed by atoms with Gasteiger partial charge in [0.05, 0.1) is 11.9 Å². The monoisotopic (exact) mass is 527 g/mol. The Labute approximate surface area is 222 Å². The second-order valence-electron chi connectivity index (χ2n) is 10.1. The SMILES string of the molecule is CCc1ccc(N(CCCC(=O)N(Cc2cccc(C)c2)[C@@H](C)C(=O)NC2CCCC2)S(C)(=O)=O)cc1. The number of benzene rings is 2. The van der Waals surface area contributed by atoms with E-state index in [4.69, 9.17) is 0 Å². The van der Waals surface area contributed by atoms with Gasteiger partial charge < -0.3 is 10.2 Å². The van der Waals surface area contributed by atoms with Crippen LogP contribution in [0.15, 0.2) is 48.5 Å². The molecule has 1 aliphatic rings. The highest BCUT2D eigenvalue weighted by Gasteiger charge is 2.28. The minimum atomic E-state index is -3.51. The summed E-state index contributed by atoms with van der Waals surface area (Å²) in [6.45, 7) is 6.34. The van der Waals surface area contributed by atoms with Crippen LogP contribution >= 0.6 is 0 Å². The molecule has 2 amide bonds. The summed E-state index contributed by atoms with van der Waals surface area (Å²) in [5.74, 6) is -0.299. The van der Waals surface area contributed by atoms with Gasteiger partial charge >= 0.3 is 0 Å². The predicted octanol–water partition coefficient (Wildman–Crippen LogP) is 4.58. The molecule has 1 N–H and O–H groups in total. The molecule has 2 aromatic rings. The zero-order valence-corrected chi connectivity index (χ0v) is 23.4. The lowest BCUT2D eigenvalue weighted by molar-refractivity contribution is -0.141. The number of hydrogen-bond acceptors (Lipinski definition) is 4. The molecule has 1 aliphatic carbocycles. The molecule has 0 spiro atoms. The minimum absolute atomic E-state index is 0.137. The van der Waals surface area contributed by atoms with Gasteiger partial charge in [-0.25, -0.2) is 8.42 Å². The third-order valence-electron chi connectivity index (χ3n) is 7.09. The van der Waals surface area contributed by atoms with E-state index in [9.17, 15) is 18.0 Å². The minimum Gasteiger partial charge on any atom is -0.352 e. The zero-order valence-electron chi connectivity index (χ0n) is 22.6. The normalized spacial score (nSPS) is 14.8. The van der Waals surface area contributed by atoms with Gasteiger partial charge in [-0.15, -0.1) is 0 Å². The van der Waals surface area contributed by atoms with Crippen LogP contribution < -0.4 is 9.62 Å². The van der Waals surface area contributed by atoms with Gasteiger partial charge in [-0.2, -0.15) is 0 Å². The molecule has 37 heavy (non-hydrogen) atoms. The second-order valence-corrected chi connectivity index (χ2v) is 12.0. The van der Waals surface area contributed by atoms with Crippen molar-refractivity contribution in [1.29, 1.82) is 0 Å². The van der Waals surface area contributed by atoms with Crippen molar-refractivity contribution in [2.45, 2.75) is 84.3 Å². The first-order valence-corrected chi connectivity index (χ1v) is 15.2. The van der Waals surface area contributed by atoms with Gasteiger partial charge in [0.15, 0.2) is 0 Å². The lowest BCUT2D eigenvalue weighted by Crippen LogP contribution is -2.49. The molecule has 8 heteroatoms. The summed E-state index contributed by atoms with van der Waals surface area (Å²) in [6.07, 6.45) is 6.73. The fourth-order valence-corrected chi connectivity index (χ4v) is 5.85. The topological polar surface area (TPSA) is 86.8 Å². The highest BCUT2D eigenvalue weighted by molar-refractivity contribution is 7.92. The fraction of sp³-hybridized carbons (Fsp3) is 0.517. The highest BCUT2D eigenvalue weighted by atomic mass is 32.2. The number of carbonyl (C=O) groups is 2. The first kappa shape index (κ1) is 28.7. The summed E-state index contributed by atoms with van der Waals surface area (Å²) in [7, 11) is -3.51. The molecule has 0 aromatic heterocycles. The van der Waals surface area contributed by atoms with Crippen molar-refractivity contribution in [2.75, 3.05) is 17.1 Å². The Balaban J connectivity index is 1.71. The third kappa shape index (κ3) is 8.32. The molecular formula is C29H41N3O4S. The van der Waals surface area contributed by atoms with Gasteiger partial charge in [0, 0.05) is 25.6 Å². The van der Waals surface area contributed by atoms with Gasteiger partial charge in [-0.05, 0) is 62.8 Å². The molecule has 0 aliphatic heterocycles. The summed E-state index contributed by atoms with van der Waals surface area (Å²) >= 11 is 0. The van der Waals surface area contributed by atoms with Crippen molar-refractivity contribution in [3.05, 3.63) is 65.2 Å². The van der Waals surface area contributed by atoms with Crippen molar-refractivity contribution < 1.29 is 18.0 Å². The van der Waals surface area contributed by atoms with Crippen molar-refractivity contribution in [1.82, 2.24) is 10.2 Å². The number of amides is 2. The van der Waals surface area contributed by atoms with Crippen LogP contribution in [0.25, 0.3) is 0 Å². The molecule has 2 aromatic carbocycles. The van der Waals surface area contributed by atoms with Gasteiger partial charge in [-0.3, -0.25) is 13.9 Å². The number of rotatable bonds is 12. The third-order valence-corrected chi connectivity index (χ3v) is 8.28. The van der Waals surface area contributed by atoms with Crippen molar-refractivity contribution in [3.8, 4) is 0 Å². The van der Waals surface area contributed by atoms with Crippen molar-refractivity contribution >= 4 is 27.5 Å². The van der Waals surface area contributed by atoms with Crippen LogP contribution in [0.2, 0.25) is 0 Å². The predicted molar refractivity (Wildman–Crippen MR) is 149 cm³/mol. The van der Waals surface area contributed by atoms with E-state index >= 15 is 0 Å². The van der Waals surface area contributed by atoms with Gasteiger partial charge in [-0.1, -0.05) is 61.7 Å². The van der Waals surface area contributed by atoms with Crippen LogP contribution in [0, 0.1) is 6.92 Å². The molecule has 7 nitrogen and oxygen atoms in total. The van der Waals surface area contributed by atoms with E-state index in [2.05, 4.69) is 5.32 Å². The molecule has 1 atom stereocenters. The smallest absolute Gasteiger partial charge is 0.242 e. The van der Waals surface area contributed by atoms with Crippen LogP contribution in [0.3, 0.4) is 0 Å². The van der Waals surface area contributed by atoms with Crippen molar-refractivity contribution in [3.63, 3.8) is 0 Å². The average molecular weight is 528 g/mol. The molecule has 0 unspecified atom stereocenters. The molecule has 0 saturated heterocycles. The van der Waals surface area contributed by atoms with Gasteiger partial charge in [0.1, 0.15) is 6.04 Å². The maximum Gasteiger partial charge on any atom is 0.242 e. The van der Waals surface area contributed by atoms with Gasteiger partial charge in [0.25, 0.3) is 0 Å². The summed E-state index contributed by atoms with van der Waals surface area (Å²) in [5.41, 5.74) is 3.77. The van der Waals surface area contributed by atoms with E-state index in [1.54, 1.807) is 24.0 Å². The van der Waals surface area contributed by atoms with Gasteiger partial charge in [0.2, 0.25) is 21.8 Å². The second kappa shape index (κ2) is 13.1. The summed E-state index contributed by atoms with van der Waals surface area (Å²) in [5, 5.41) is 3.12. The standard InChI is InChI=1S/C29H41N3O4S/c1-5-24-15-17-27(18-16-24)32(37(4,35)36)19-9-14-28(33)31(21-25-11-8-10-22(2)20-25)23(3)29(34)30-26-12-6-7-13-26/h8,10-11,15-18,20,23,26H,5-7,9,12-14,19,21H2,1-4H3,(H,30,34)/t23-/m0/s1. The van der Waals surface area contributed by atoms with Crippen LogP contribution in [-0.2, 0) is 32.6 Å². The molecule has 202 valence electrons. The maximum absolute atomic E-state index is 13.4. The summed E-state index contributed by atoms with van der Waals surface area (Å²) in [6, 6.07) is 14.9. The highest BCUT2D eigenvalue weighted by Crippen LogP contribution is 2.21. The van der Waals surface area contributed by atoms with E-state index < -0.39 is 16.1 Å². The average Bonchev–Trinajstić information content (AvgIpc) is 3.37. The largest absolute Gasteiger partial charge is 0.352 e. The van der Waals surface area contributed by atoms with E-state index in [0.29, 0.717) is 18.7 Å². The number of hydrogen-bond donors (Lipinski definition) is 1. The van der Waals surface area contributed by atoms with Crippen molar-refractivity contribution in [2.24, 2.45) is 0 Å². The number of sulfonamides is 1. The summed E-state index contributed by atoms with van der Waals surface area (Å²) < 4.78 is 26.4. The number of anilines is 1. The molecular weight excluding hydrogens is 486 g/mol. The number of nitrogens with one attached hydrogen (secondary N) is 1. The Morgan fingerprint density at radius 3 is 2.32 bits per heavy atom. The quantitative estimate of drug-likeness (QED) is 0.438. The molecule has 1 fully saturated rings. The van der Waals surface area contributed by atoms with Crippen LogP contribution in [0.5, 0.6) is 0 Å². The number of nitrogens with zero attached hydrogens (tertiary/aromatic N) is 2. The first-order chi connectivity index (χ1) is 17.6. The van der Waals surface area contributed by atoms with E-state index in [0.717, 1.165) is 48.8 Å². The Kier molecular flexibility index (Phi) is 10.1. The lowest BCUT2D eigenvalue weighted by atomic mass is 10.1. The van der Waals surface area contributed by atoms with E-state index in [1.807, 2.05) is 50.2 Å². The first-order valence-electron chi connectivity index (χ1n) is 13.3. The lowest BCUT2D eigenvalue weighted by Gasteiger charge is -2.30. The maximum atomic E-state index is 13.4. The number of aryl methyl sites for hydroxylation is 2. The fourth-order valence-electron chi connectivity index (χ4n) is 4.88. The Morgan fingerprint density at radius 2 is 1.73 bits per heavy atom. The molecule has 0 heterocycles. The van der Waals surface area contributed by atoms with Crippen LogP contribution in [0.4, 0.5) is 5.69 Å². The number of carbonyl (C=O) groups excluding carboxylic acids is 2. The molecule has 0 bridgehead atoms. The van der Waals surface area contributed by atoms with Crippen LogP contribution in [-0.4, -0.2) is 50.0 Å². The Morgan fingerprint density at radius 1 is 1.05 bits per heavy atom. The molecule has 3 rings (SSSR count). The van der Waals surface area contributed by atoms with E-state index in [-0.39, 0.29) is 30.8 Å². The Bertz CT molecular complexity index is 1160. The zero-order chi connectivity index (χ0) is 27.0.